The van der Waals surface area contributed by atoms with Crippen molar-refractivity contribution in [1.82, 2.24) is 5.32 Å². The number of thioether (sulfide) groups is 1. The van der Waals surface area contributed by atoms with Gasteiger partial charge >= 0.3 is 13.1 Å². The van der Waals surface area contributed by atoms with Gasteiger partial charge in [0.2, 0.25) is 0 Å². The molecule has 7 heteroatoms. The van der Waals surface area contributed by atoms with Crippen LogP contribution in [0.2, 0.25) is 0 Å². The van der Waals surface area contributed by atoms with Gasteiger partial charge in [0.25, 0.3) is 0 Å². The zero-order valence-corrected chi connectivity index (χ0v) is 13.1. The summed E-state index contributed by atoms with van der Waals surface area (Å²) in [5.41, 5.74) is 3.00. The van der Waals surface area contributed by atoms with E-state index in [0.29, 0.717) is 22.8 Å². The van der Waals surface area contributed by atoms with Gasteiger partial charge in [0.05, 0.1) is 11.6 Å². The maximum Gasteiger partial charge on any atom is 0.491 e. The molecular formula is C16H15BN2O3S. The predicted molar refractivity (Wildman–Crippen MR) is 94.1 cm³/mol. The first-order valence-electron chi connectivity index (χ1n) is 7.03. The third-order valence-corrected chi connectivity index (χ3v) is 4.08. The van der Waals surface area contributed by atoms with Crippen LogP contribution in [0.1, 0.15) is 5.56 Å². The summed E-state index contributed by atoms with van der Waals surface area (Å²) in [6.07, 6.45) is 7.42. The Morgan fingerprint density at radius 1 is 1.35 bits per heavy atom. The van der Waals surface area contributed by atoms with E-state index in [-0.39, 0.29) is 6.03 Å². The van der Waals surface area contributed by atoms with Crippen molar-refractivity contribution < 1.29 is 14.5 Å². The first-order valence-corrected chi connectivity index (χ1v) is 7.91. The van der Waals surface area contributed by atoms with E-state index in [4.69, 9.17) is 4.65 Å². The highest BCUT2D eigenvalue weighted by molar-refractivity contribution is 8.05. The fourth-order valence-electron chi connectivity index (χ4n) is 2.22. The van der Waals surface area contributed by atoms with Gasteiger partial charge in [-0.1, -0.05) is 42.6 Å². The van der Waals surface area contributed by atoms with Gasteiger partial charge in [-0.3, -0.25) is 0 Å². The topological polar surface area (TPSA) is 70.6 Å². The van der Waals surface area contributed by atoms with Crippen molar-refractivity contribution in [2.75, 3.05) is 5.32 Å². The van der Waals surface area contributed by atoms with E-state index in [1.165, 1.54) is 11.8 Å². The smallest absolute Gasteiger partial charge is 0.423 e. The van der Waals surface area contributed by atoms with Gasteiger partial charge in [0.15, 0.2) is 0 Å². The van der Waals surface area contributed by atoms with Crippen molar-refractivity contribution >= 4 is 36.1 Å². The molecule has 23 heavy (non-hydrogen) atoms. The summed E-state index contributed by atoms with van der Waals surface area (Å²) in [5, 5.41) is 17.8. The molecule has 2 amide bonds. The molecule has 0 saturated carbocycles. The number of hydrogen-bond donors (Lipinski definition) is 3. The molecule has 0 bridgehead atoms. The Balaban J connectivity index is 1.67. The van der Waals surface area contributed by atoms with E-state index in [2.05, 4.69) is 17.2 Å². The fourth-order valence-corrected chi connectivity index (χ4v) is 2.91. The second kappa shape index (κ2) is 6.91. The van der Waals surface area contributed by atoms with Gasteiger partial charge < -0.3 is 20.3 Å². The summed E-state index contributed by atoms with van der Waals surface area (Å²) < 4.78 is 5.13. The van der Waals surface area contributed by atoms with Crippen LogP contribution in [0.4, 0.5) is 10.5 Å². The molecule has 3 N–H and O–H groups in total. The molecule has 0 fully saturated rings. The van der Waals surface area contributed by atoms with E-state index >= 15 is 0 Å². The van der Waals surface area contributed by atoms with Crippen molar-refractivity contribution in [2.45, 2.75) is 6.61 Å². The van der Waals surface area contributed by atoms with E-state index in [0.717, 1.165) is 11.1 Å². The highest BCUT2D eigenvalue weighted by Crippen LogP contribution is 2.19. The molecule has 0 spiro atoms. The normalized spacial score (nSPS) is 20.1. The quantitative estimate of drug-likeness (QED) is 0.729. The Labute approximate surface area is 138 Å². The van der Waals surface area contributed by atoms with Crippen LogP contribution in [0.5, 0.6) is 0 Å². The van der Waals surface area contributed by atoms with Gasteiger partial charge in [-0.2, -0.15) is 0 Å². The number of allylic oxidation sites excluding steroid dienone is 5. The minimum Gasteiger partial charge on any atom is -0.423 e. The average molecular weight is 326 g/mol. The number of hydrogen-bond acceptors (Lipinski definition) is 4. The monoisotopic (exact) mass is 326 g/mol. The predicted octanol–water partition coefficient (Wildman–Crippen LogP) is 2.24. The summed E-state index contributed by atoms with van der Waals surface area (Å²) in [4.78, 5) is 12.1. The fraction of sp³-hybridized carbons (Fsp3) is 0.0625. The van der Waals surface area contributed by atoms with E-state index in [1.807, 2.05) is 29.7 Å². The van der Waals surface area contributed by atoms with Crippen molar-refractivity contribution in [3.63, 3.8) is 0 Å². The Kier molecular flexibility index (Phi) is 4.71. The van der Waals surface area contributed by atoms with Gasteiger partial charge in [0.1, 0.15) is 0 Å². The van der Waals surface area contributed by atoms with E-state index in [1.54, 1.807) is 18.2 Å². The molecule has 1 aromatic rings. The second-order valence-electron chi connectivity index (χ2n) is 5.05. The maximum atomic E-state index is 12.1. The van der Waals surface area contributed by atoms with Crippen molar-refractivity contribution in [1.29, 1.82) is 0 Å². The van der Waals surface area contributed by atoms with Crippen LogP contribution in [0, 0.1) is 0 Å². The van der Waals surface area contributed by atoms with Crippen molar-refractivity contribution in [3.8, 4) is 0 Å². The number of anilines is 1. The highest BCUT2D eigenvalue weighted by atomic mass is 32.2. The molecule has 0 atom stereocenters. The third kappa shape index (κ3) is 3.95. The Hall–Kier alpha value is -2.22. The molecule has 2 aliphatic rings. The van der Waals surface area contributed by atoms with Crippen LogP contribution in [-0.2, 0) is 11.3 Å². The largest absolute Gasteiger partial charge is 0.491 e. The van der Waals surface area contributed by atoms with Crippen LogP contribution in [0.15, 0.2) is 65.1 Å². The average Bonchev–Trinajstić information content (AvgIpc) is 2.85. The SMILES string of the molecule is C=C1/C=C\C=CS/C(NC(=O)Nc2ccc3c(c2)B(O)OC3)=C\1. The summed E-state index contributed by atoms with van der Waals surface area (Å²) in [5.74, 6) is 0. The lowest BCUT2D eigenvalue weighted by Gasteiger charge is -2.11. The molecule has 0 saturated heterocycles. The maximum absolute atomic E-state index is 12.1. The number of fused-ring (bicyclic) bond motifs is 1. The van der Waals surface area contributed by atoms with Gasteiger partial charge in [-0.25, -0.2) is 4.79 Å². The van der Waals surface area contributed by atoms with Crippen molar-refractivity contribution in [2.24, 2.45) is 0 Å². The zero-order chi connectivity index (χ0) is 16.2. The number of carbonyl (C=O) groups is 1. The van der Waals surface area contributed by atoms with Crippen LogP contribution < -0.4 is 16.1 Å². The molecule has 1 aromatic carbocycles. The first kappa shape index (κ1) is 15.7. The second-order valence-corrected chi connectivity index (χ2v) is 5.99. The molecule has 2 heterocycles. The van der Waals surface area contributed by atoms with Gasteiger partial charge in [0, 0.05) is 5.69 Å². The zero-order valence-electron chi connectivity index (χ0n) is 12.3. The molecule has 0 aromatic heterocycles. The minimum absolute atomic E-state index is 0.358. The number of amides is 2. The summed E-state index contributed by atoms with van der Waals surface area (Å²) >= 11 is 1.40. The standard InChI is InChI=1S/C16H15BN2O3S/c1-11-4-2-3-7-23-15(8-11)19-16(20)18-13-6-5-12-10-22-17(21)14(12)9-13/h2-9,21H,1,10H2,(H2,18,19,20)/b4-2-,7-3?,15-8-. The number of benzene rings is 1. The molecule has 3 rings (SSSR count). The summed E-state index contributed by atoms with van der Waals surface area (Å²) in [6.45, 7) is 4.26. The lowest BCUT2D eigenvalue weighted by atomic mass is 9.79. The first-order chi connectivity index (χ1) is 11.1. The molecule has 116 valence electrons. The van der Waals surface area contributed by atoms with Crippen LogP contribution in [0.25, 0.3) is 0 Å². The van der Waals surface area contributed by atoms with Gasteiger partial charge in [-0.05, 0) is 40.2 Å². The lowest BCUT2D eigenvalue weighted by molar-refractivity contribution is 0.255. The molecule has 0 radical (unpaired) electrons. The molecule has 0 aliphatic carbocycles. The Morgan fingerprint density at radius 3 is 3.09 bits per heavy atom. The van der Waals surface area contributed by atoms with Crippen LogP contribution in [0.3, 0.4) is 0 Å². The number of urea groups is 1. The molecule has 0 unspecified atom stereocenters. The van der Waals surface area contributed by atoms with E-state index < -0.39 is 7.12 Å². The summed E-state index contributed by atoms with van der Waals surface area (Å²) in [7, 11) is -0.932. The van der Waals surface area contributed by atoms with Gasteiger partial charge in [-0.15, -0.1) is 0 Å². The van der Waals surface area contributed by atoms with Crippen LogP contribution >= 0.6 is 11.8 Å². The molecular weight excluding hydrogens is 311 g/mol. The summed E-state index contributed by atoms with van der Waals surface area (Å²) in [6, 6.07) is 4.97. The lowest BCUT2D eigenvalue weighted by Crippen LogP contribution is -2.30. The third-order valence-electron chi connectivity index (χ3n) is 3.31. The highest BCUT2D eigenvalue weighted by Gasteiger charge is 2.27. The molecule has 2 aliphatic heterocycles. The van der Waals surface area contributed by atoms with E-state index in [9.17, 15) is 9.82 Å². The number of nitrogens with one attached hydrogen (secondary N) is 2. The Bertz CT molecular complexity index is 743. The minimum atomic E-state index is -0.932. The Morgan fingerprint density at radius 2 is 2.22 bits per heavy atom. The van der Waals surface area contributed by atoms with Crippen LogP contribution in [-0.4, -0.2) is 18.2 Å². The number of rotatable bonds is 2. The van der Waals surface area contributed by atoms with Crippen molar-refractivity contribution in [3.05, 3.63) is 70.7 Å². The number of carbonyl (C=O) groups excluding carboxylic acids is 1. The molecule has 5 nitrogen and oxygen atoms in total.